The van der Waals surface area contributed by atoms with Crippen molar-refractivity contribution >= 4 is 11.6 Å². The summed E-state index contributed by atoms with van der Waals surface area (Å²) < 4.78 is 11.6. The molecular weight excluding hydrogens is 412 g/mol. The molecule has 1 saturated heterocycles. The second-order valence-corrected chi connectivity index (χ2v) is 9.05. The van der Waals surface area contributed by atoms with Crippen molar-refractivity contribution in [3.8, 4) is 22.8 Å². The number of nitrogens with one attached hydrogen (secondary N) is 1. The number of nitrogens with zero attached hydrogens (tertiary/aromatic N) is 3. The van der Waals surface area contributed by atoms with E-state index < -0.39 is 0 Å². The highest BCUT2D eigenvalue weighted by atomic mass is 16.5. The summed E-state index contributed by atoms with van der Waals surface area (Å²) in [5.41, 5.74) is 7.81. The molecule has 6 nitrogen and oxygen atoms in total. The molecule has 5 rings (SSSR count). The van der Waals surface area contributed by atoms with Crippen LogP contribution in [-0.4, -0.2) is 48.2 Å². The Bertz CT molecular complexity index is 1130. The summed E-state index contributed by atoms with van der Waals surface area (Å²) in [5.74, 6) is 2.43. The minimum Gasteiger partial charge on any atom is -0.497 e. The Labute approximate surface area is 196 Å². The Morgan fingerprint density at radius 2 is 1.76 bits per heavy atom. The van der Waals surface area contributed by atoms with Crippen molar-refractivity contribution < 1.29 is 9.47 Å². The first-order chi connectivity index (χ1) is 16.1. The molecule has 1 N–H and O–H groups in total. The number of hydrogen-bond donors (Lipinski definition) is 1. The quantitative estimate of drug-likeness (QED) is 0.548. The number of ether oxygens (including phenoxy) is 2. The van der Waals surface area contributed by atoms with Crippen molar-refractivity contribution in [1.82, 2.24) is 14.9 Å². The van der Waals surface area contributed by atoms with Gasteiger partial charge in [-0.25, -0.2) is 9.97 Å². The lowest BCUT2D eigenvalue weighted by molar-refractivity contribution is 0.236. The SMILES string of the molecule is COc1ccc2c(c1)-c1nc(Nc3cc(C)c(OCCN4CCCC4)c(C)c3)ncc1CC2. The Balaban J connectivity index is 1.33. The van der Waals surface area contributed by atoms with Gasteiger partial charge in [0.25, 0.3) is 0 Å². The van der Waals surface area contributed by atoms with Crippen molar-refractivity contribution in [1.29, 1.82) is 0 Å². The molecule has 1 aliphatic carbocycles. The van der Waals surface area contributed by atoms with Crippen LogP contribution >= 0.6 is 0 Å². The topological polar surface area (TPSA) is 59.5 Å². The van der Waals surface area contributed by atoms with Crippen molar-refractivity contribution in [2.24, 2.45) is 0 Å². The summed E-state index contributed by atoms with van der Waals surface area (Å²) in [6, 6.07) is 10.5. The second-order valence-electron chi connectivity index (χ2n) is 9.05. The van der Waals surface area contributed by atoms with E-state index >= 15 is 0 Å². The monoisotopic (exact) mass is 444 g/mol. The summed E-state index contributed by atoms with van der Waals surface area (Å²) in [7, 11) is 1.70. The number of hydrogen-bond acceptors (Lipinski definition) is 6. The van der Waals surface area contributed by atoms with Crippen LogP contribution in [-0.2, 0) is 12.8 Å². The van der Waals surface area contributed by atoms with Gasteiger partial charge in [0.05, 0.1) is 12.8 Å². The molecule has 0 unspecified atom stereocenters. The number of rotatable bonds is 7. The Morgan fingerprint density at radius 1 is 1.00 bits per heavy atom. The maximum atomic E-state index is 6.16. The third-order valence-corrected chi connectivity index (χ3v) is 6.67. The van der Waals surface area contributed by atoms with Crippen LogP contribution in [0.15, 0.2) is 36.5 Å². The molecule has 0 spiro atoms. The lowest BCUT2D eigenvalue weighted by Gasteiger charge is -2.20. The highest BCUT2D eigenvalue weighted by Gasteiger charge is 2.20. The van der Waals surface area contributed by atoms with Crippen LogP contribution in [0.4, 0.5) is 11.6 Å². The molecule has 1 aliphatic heterocycles. The van der Waals surface area contributed by atoms with Crippen LogP contribution in [0.25, 0.3) is 11.3 Å². The van der Waals surface area contributed by atoms with Crippen LogP contribution in [0, 0.1) is 13.8 Å². The molecule has 0 atom stereocenters. The molecule has 33 heavy (non-hydrogen) atoms. The van der Waals surface area contributed by atoms with Gasteiger partial charge in [0, 0.05) is 24.0 Å². The predicted molar refractivity (Wildman–Crippen MR) is 132 cm³/mol. The summed E-state index contributed by atoms with van der Waals surface area (Å²) in [4.78, 5) is 11.9. The number of likely N-dealkylation sites (tertiary alicyclic amines) is 1. The normalized spacial score (nSPS) is 15.1. The zero-order chi connectivity index (χ0) is 22.8. The van der Waals surface area contributed by atoms with Gasteiger partial charge in [-0.15, -0.1) is 0 Å². The fourth-order valence-electron chi connectivity index (χ4n) is 4.94. The minimum atomic E-state index is 0.603. The zero-order valence-corrected chi connectivity index (χ0v) is 19.8. The van der Waals surface area contributed by atoms with Crippen LogP contribution in [0.1, 0.15) is 35.1 Å². The first-order valence-electron chi connectivity index (χ1n) is 11.9. The molecule has 172 valence electrons. The van der Waals surface area contributed by atoms with Crippen molar-refractivity contribution in [2.75, 3.05) is 38.7 Å². The molecular formula is C27H32N4O2. The largest absolute Gasteiger partial charge is 0.497 e. The first-order valence-corrected chi connectivity index (χ1v) is 11.9. The number of methoxy groups -OCH3 is 1. The lowest BCUT2D eigenvalue weighted by Crippen LogP contribution is -2.25. The van der Waals surface area contributed by atoms with Gasteiger partial charge in [-0.1, -0.05) is 6.07 Å². The van der Waals surface area contributed by atoms with Crippen LogP contribution < -0.4 is 14.8 Å². The molecule has 2 aromatic carbocycles. The Hall–Kier alpha value is -3.12. The summed E-state index contributed by atoms with van der Waals surface area (Å²) >= 11 is 0. The summed E-state index contributed by atoms with van der Waals surface area (Å²) in [5, 5.41) is 3.41. The van der Waals surface area contributed by atoms with E-state index in [-0.39, 0.29) is 0 Å². The van der Waals surface area contributed by atoms with Gasteiger partial charge >= 0.3 is 0 Å². The van der Waals surface area contributed by atoms with Crippen LogP contribution in [0.5, 0.6) is 11.5 Å². The third kappa shape index (κ3) is 4.67. The van der Waals surface area contributed by atoms with Gasteiger partial charge in [-0.05, 0) is 99.1 Å². The molecule has 1 fully saturated rings. The predicted octanol–water partition coefficient (Wildman–Crippen LogP) is 5.09. The molecule has 0 amide bonds. The van der Waals surface area contributed by atoms with Crippen LogP contribution in [0.3, 0.4) is 0 Å². The third-order valence-electron chi connectivity index (χ3n) is 6.67. The smallest absolute Gasteiger partial charge is 0.227 e. The van der Waals surface area contributed by atoms with E-state index in [9.17, 15) is 0 Å². The highest BCUT2D eigenvalue weighted by Crippen LogP contribution is 2.35. The van der Waals surface area contributed by atoms with Gasteiger partial charge in [0.15, 0.2) is 0 Å². The number of fused-ring (bicyclic) bond motifs is 3. The number of aryl methyl sites for hydroxylation is 4. The molecule has 3 aromatic rings. The fourth-order valence-corrected chi connectivity index (χ4v) is 4.94. The van der Waals surface area contributed by atoms with Gasteiger partial charge in [-0.2, -0.15) is 0 Å². The lowest BCUT2D eigenvalue weighted by atomic mass is 9.90. The van der Waals surface area contributed by atoms with E-state index in [4.69, 9.17) is 14.5 Å². The minimum absolute atomic E-state index is 0.603. The molecule has 1 aromatic heterocycles. The zero-order valence-electron chi connectivity index (χ0n) is 19.8. The summed E-state index contributed by atoms with van der Waals surface area (Å²) in [6.07, 6.45) is 6.52. The Kier molecular flexibility index (Phi) is 6.18. The maximum absolute atomic E-state index is 6.16. The van der Waals surface area contributed by atoms with E-state index in [1.165, 1.54) is 37.1 Å². The molecule has 0 bridgehead atoms. The first kappa shape index (κ1) is 21.7. The van der Waals surface area contributed by atoms with E-state index in [0.29, 0.717) is 5.95 Å². The van der Waals surface area contributed by atoms with Crippen LogP contribution in [0.2, 0.25) is 0 Å². The molecule has 0 saturated carbocycles. The van der Waals surface area contributed by atoms with Gasteiger partial charge in [0.2, 0.25) is 5.95 Å². The van der Waals surface area contributed by atoms with Crippen molar-refractivity contribution in [3.63, 3.8) is 0 Å². The number of benzene rings is 2. The highest BCUT2D eigenvalue weighted by molar-refractivity contribution is 5.72. The maximum Gasteiger partial charge on any atom is 0.227 e. The average Bonchev–Trinajstić information content (AvgIpc) is 3.34. The van der Waals surface area contributed by atoms with Gasteiger partial charge in [0.1, 0.15) is 18.1 Å². The van der Waals surface area contributed by atoms with E-state index in [1.807, 2.05) is 12.3 Å². The van der Waals surface area contributed by atoms with E-state index in [0.717, 1.165) is 65.6 Å². The fraction of sp³-hybridized carbons (Fsp3) is 0.407. The molecule has 2 heterocycles. The summed E-state index contributed by atoms with van der Waals surface area (Å²) in [6.45, 7) is 8.31. The Morgan fingerprint density at radius 3 is 2.52 bits per heavy atom. The molecule has 6 heteroatoms. The molecule has 0 radical (unpaired) electrons. The molecule has 2 aliphatic rings. The van der Waals surface area contributed by atoms with Crippen molar-refractivity contribution in [2.45, 2.75) is 39.5 Å². The average molecular weight is 445 g/mol. The second kappa shape index (κ2) is 9.40. The van der Waals surface area contributed by atoms with E-state index in [2.05, 4.69) is 53.3 Å². The van der Waals surface area contributed by atoms with E-state index in [1.54, 1.807) is 7.11 Å². The van der Waals surface area contributed by atoms with Gasteiger partial charge < -0.3 is 14.8 Å². The van der Waals surface area contributed by atoms with Gasteiger partial charge in [-0.3, -0.25) is 4.90 Å². The number of aromatic nitrogens is 2. The number of anilines is 2. The van der Waals surface area contributed by atoms with Crippen molar-refractivity contribution in [3.05, 3.63) is 58.8 Å². The standard InChI is InChI=1S/C27H32N4O2/c1-18-14-22(15-19(2)26(18)33-13-12-31-10-4-5-11-31)29-27-28-17-21-7-6-20-8-9-23(32-3)16-24(20)25(21)30-27/h8-9,14-17H,4-7,10-13H2,1-3H3,(H,28,29,30).